The summed E-state index contributed by atoms with van der Waals surface area (Å²) in [7, 11) is 0. The van der Waals surface area contributed by atoms with Crippen LogP contribution in [0, 0.1) is 5.41 Å². The highest BCUT2D eigenvalue weighted by atomic mass is 16.3. The number of fused-ring (bicyclic) bond motifs is 1. The Morgan fingerprint density at radius 3 is 2.80 bits per heavy atom. The van der Waals surface area contributed by atoms with E-state index >= 15 is 0 Å². The molecule has 5 nitrogen and oxygen atoms in total. The Kier molecular flexibility index (Phi) is 4.42. The largest absolute Gasteiger partial charge is 0.392 e. The molecule has 2 atom stereocenters. The Balaban J connectivity index is 1.62. The molecule has 1 saturated carbocycles. The highest BCUT2D eigenvalue weighted by Gasteiger charge is 2.35. The number of aromatic nitrogens is 3. The molecule has 0 aliphatic heterocycles. The van der Waals surface area contributed by atoms with Crippen molar-refractivity contribution in [2.45, 2.75) is 58.0 Å². The van der Waals surface area contributed by atoms with Gasteiger partial charge in [-0.2, -0.15) is 0 Å². The van der Waals surface area contributed by atoms with Gasteiger partial charge in [-0.3, -0.25) is 4.98 Å². The molecule has 0 bridgehead atoms. The maximum Gasteiger partial charge on any atom is 0.161 e. The smallest absolute Gasteiger partial charge is 0.161 e. The number of hydrogen-bond acceptors (Lipinski definition) is 5. The van der Waals surface area contributed by atoms with Gasteiger partial charge < -0.3 is 10.4 Å². The molecule has 1 fully saturated rings. The summed E-state index contributed by atoms with van der Waals surface area (Å²) in [6.07, 6.45) is 10.8. The van der Waals surface area contributed by atoms with Crippen molar-refractivity contribution in [3.8, 4) is 11.4 Å². The van der Waals surface area contributed by atoms with Crippen LogP contribution < -0.4 is 5.32 Å². The molecule has 4 rings (SSSR count). The lowest BCUT2D eigenvalue weighted by Gasteiger charge is -2.38. The van der Waals surface area contributed by atoms with E-state index in [1.54, 1.807) is 12.4 Å². The van der Waals surface area contributed by atoms with Crippen molar-refractivity contribution in [1.29, 1.82) is 0 Å². The normalized spacial score (nSPS) is 25.6. The van der Waals surface area contributed by atoms with Gasteiger partial charge in [0.25, 0.3) is 0 Å². The minimum absolute atomic E-state index is 0.0779. The minimum Gasteiger partial charge on any atom is -0.392 e. The number of pyridine rings is 1. The van der Waals surface area contributed by atoms with Crippen LogP contribution in [0.2, 0.25) is 0 Å². The predicted molar refractivity (Wildman–Crippen MR) is 98.4 cm³/mol. The third-order valence-corrected chi connectivity index (χ3v) is 5.81. The van der Waals surface area contributed by atoms with Crippen LogP contribution in [0.4, 0.5) is 5.82 Å². The summed E-state index contributed by atoms with van der Waals surface area (Å²) in [5, 5.41) is 14.0. The van der Waals surface area contributed by atoms with E-state index < -0.39 is 0 Å². The van der Waals surface area contributed by atoms with E-state index in [2.05, 4.69) is 17.2 Å². The van der Waals surface area contributed by atoms with Crippen molar-refractivity contribution in [3.63, 3.8) is 0 Å². The molecule has 2 aromatic heterocycles. The molecule has 0 radical (unpaired) electrons. The lowest BCUT2D eigenvalue weighted by Crippen LogP contribution is -2.41. The number of aryl methyl sites for hydroxylation is 1. The first-order chi connectivity index (χ1) is 12.2. The van der Waals surface area contributed by atoms with Crippen LogP contribution in [0.15, 0.2) is 24.5 Å². The van der Waals surface area contributed by atoms with Gasteiger partial charge in [-0.15, -0.1) is 0 Å². The van der Waals surface area contributed by atoms with Gasteiger partial charge in [-0.05, 0) is 44.2 Å². The molecule has 132 valence electrons. The molecular formula is C20H26N4O. The van der Waals surface area contributed by atoms with Crippen LogP contribution in [-0.4, -0.2) is 32.7 Å². The van der Waals surface area contributed by atoms with Crippen LogP contribution >= 0.6 is 0 Å². The first kappa shape index (κ1) is 16.5. The fourth-order valence-electron chi connectivity index (χ4n) is 4.08. The summed E-state index contributed by atoms with van der Waals surface area (Å²) in [5.74, 6) is 1.72. The molecule has 0 aromatic carbocycles. The number of nitrogens with zero attached hydrogens (tertiary/aromatic N) is 3. The maximum atomic E-state index is 10.5. The number of aliphatic hydroxyl groups excluding tert-OH is 1. The van der Waals surface area contributed by atoms with Crippen LogP contribution in [0.5, 0.6) is 0 Å². The van der Waals surface area contributed by atoms with E-state index in [0.717, 1.165) is 62.3 Å². The first-order valence-corrected chi connectivity index (χ1v) is 9.38. The summed E-state index contributed by atoms with van der Waals surface area (Å²) in [4.78, 5) is 13.7. The predicted octanol–water partition coefficient (Wildman–Crippen LogP) is 3.38. The van der Waals surface area contributed by atoms with Gasteiger partial charge in [-0.1, -0.05) is 19.8 Å². The summed E-state index contributed by atoms with van der Waals surface area (Å²) >= 11 is 0. The van der Waals surface area contributed by atoms with E-state index in [0.29, 0.717) is 0 Å². The molecule has 2 N–H and O–H groups in total. The lowest BCUT2D eigenvalue weighted by molar-refractivity contribution is 0.00957. The zero-order valence-corrected chi connectivity index (χ0v) is 14.8. The lowest BCUT2D eigenvalue weighted by atomic mass is 9.73. The van der Waals surface area contributed by atoms with Gasteiger partial charge in [0.1, 0.15) is 5.82 Å². The highest BCUT2D eigenvalue weighted by molar-refractivity contribution is 5.60. The molecule has 2 heterocycles. The zero-order chi connectivity index (χ0) is 17.3. The van der Waals surface area contributed by atoms with Gasteiger partial charge in [0, 0.05) is 41.2 Å². The summed E-state index contributed by atoms with van der Waals surface area (Å²) in [6.45, 7) is 2.95. The van der Waals surface area contributed by atoms with Gasteiger partial charge in [0.2, 0.25) is 0 Å². The number of nitrogens with one attached hydrogen (secondary N) is 1. The molecule has 5 heteroatoms. The Hall–Kier alpha value is -2.01. The number of hydrogen-bond donors (Lipinski definition) is 2. The topological polar surface area (TPSA) is 70.9 Å². The van der Waals surface area contributed by atoms with Crippen molar-refractivity contribution in [2.75, 3.05) is 11.9 Å². The van der Waals surface area contributed by atoms with Crippen molar-refractivity contribution in [2.24, 2.45) is 5.41 Å². The molecule has 2 aliphatic rings. The fourth-order valence-corrected chi connectivity index (χ4v) is 4.08. The number of rotatable bonds is 4. The van der Waals surface area contributed by atoms with Crippen molar-refractivity contribution in [1.82, 2.24) is 15.0 Å². The fraction of sp³-hybridized carbons (Fsp3) is 0.550. The van der Waals surface area contributed by atoms with Crippen molar-refractivity contribution < 1.29 is 5.11 Å². The third-order valence-electron chi connectivity index (χ3n) is 5.81. The van der Waals surface area contributed by atoms with Gasteiger partial charge >= 0.3 is 0 Å². The van der Waals surface area contributed by atoms with Crippen molar-refractivity contribution >= 4 is 5.82 Å². The molecule has 2 unspecified atom stereocenters. The summed E-state index contributed by atoms with van der Waals surface area (Å²) in [6, 6.07) is 3.90. The van der Waals surface area contributed by atoms with E-state index in [4.69, 9.17) is 9.97 Å². The van der Waals surface area contributed by atoms with Gasteiger partial charge in [-0.25, -0.2) is 9.97 Å². The number of anilines is 1. The van der Waals surface area contributed by atoms with Gasteiger partial charge in [0.15, 0.2) is 5.82 Å². The van der Waals surface area contributed by atoms with E-state index in [-0.39, 0.29) is 11.5 Å². The Bertz CT molecular complexity index is 749. The van der Waals surface area contributed by atoms with E-state index in [1.165, 1.54) is 17.7 Å². The molecule has 2 aromatic rings. The van der Waals surface area contributed by atoms with Gasteiger partial charge in [0.05, 0.1) is 6.10 Å². The second-order valence-corrected chi connectivity index (χ2v) is 7.68. The van der Waals surface area contributed by atoms with Crippen molar-refractivity contribution in [3.05, 3.63) is 35.8 Å². The van der Waals surface area contributed by atoms with Crippen LogP contribution in [0.3, 0.4) is 0 Å². The minimum atomic E-state index is -0.233. The molecular weight excluding hydrogens is 312 g/mol. The third kappa shape index (κ3) is 3.25. The van der Waals surface area contributed by atoms with Crippen LogP contribution in [0.25, 0.3) is 11.4 Å². The van der Waals surface area contributed by atoms with Crippen LogP contribution in [-0.2, 0) is 12.8 Å². The Morgan fingerprint density at radius 1 is 1.16 bits per heavy atom. The van der Waals surface area contributed by atoms with E-state index in [9.17, 15) is 5.11 Å². The van der Waals surface area contributed by atoms with Crippen LogP contribution in [0.1, 0.15) is 50.3 Å². The second kappa shape index (κ2) is 6.71. The Labute approximate surface area is 148 Å². The molecule has 0 amide bonds. The average molecular weight is 338 g/mol. The summed E-state index contributed by atoms with van der Waals surface area (Å²) in [5.41, 5.74) is 3.34. The van der Waals surface area contributed by atoms with E-state index in [1.807, 2.05) is 12.1 Å². The molecule has 25 heavy (non-hydrogen) atoms. The number of aliphatic hydroxyl groups is 1. The maximum absolute atomic E-state index is 10.5. The average Bonchev–Trinajstić information content (AvgIpc) is 3.12. The second-order valence-electron chi connectivity index (χ2n) is 7.68. The molecule has 0 spiro atoms. The summed E-state index contributed by atoms with van der Waals surface area (Å²) < 4.78 is 0. The SMILES string of the molecule is CC1(CNc2nc(-c3ccncc3)nc3c2CCC3)CCCCC1O. The highest BCUT2D eigenvalue weighted by Crippen LogP contribution is 2.37. The molecule has 0 saturated heterocycles. The first-order valence-electron chi connectivity index (χ1n) is 9.38. The quantitative estimate of drug-likeness (QED) is 0.894. The zero-order valence-electron chi connectivity index (χ0n) is 14.8. The molecule has 2 aliphatic carbocycles. The Morgan fingerprint density at radius 2 is 2.00 bits per heavy atom. The standard InChI is InChI=1S/C20H26N4O/c1-20(10-3-2-7-17(20)25)13-22-19-15-5-4-6-16(15)23-18(24-19)14-8-11-21-12-9-14/h8-9,11-12,17,25H,2-7,10,13H2,1H3,(H,22,23,24). The monoisotopic (exact) mass is 338 g/mol.